The number of carboxylic acids is 1. The number of allylic oxidation sites excluding steroid dienone is 2. The van der Waals surface area contributed by atoms with Crippen LogP contribution in [-0.4, -0.2) is 32.9 Å². The summed E-state index contributed by atoms with van der Waals surface area (Å²) in [4.78, 5) is 22.9. The molecular formula is C23H36O5. The van der Waals surface area contributed by atoms with Crippen LogP contribution in [0.3, 0.4) is 0 Å². The molecule has 1 rings (SSSR count). The third-order valence-electron chi connectivity index (χ3n) is 5.55. The van der Waals surface area contributed by atoms with Crippen molar-refractivity contribution in [3.8, 4) is 0 Å². The monoisotopic (exact) mass is 392 g/mol. The molecule has 28 heavy (non-hydrogen) atoms. The normalized spacial score (nSPS) is 20.9. The van der Waals surface area contributed by atoms with Gasteiger partial charge in [0.15, 0.2) is 0 Å². The molecule has 0 aromatic rings. The van der Waals surface area contributed by atoms with Crippen LogP contribution >= 0.6 is 0 Å². The molecule has 5 nitrogen and oxygen atoms in total. The van der Waals surface area contributed by atoms with E-state index < -0.39 is 17.7 Å². The molecule has 1 unspecified atom stereocenters. The first-order valence-electron chi connectivity index (χ1n) is 10.6. The van der Waals surface area contributed by atoms with Crippen molar-refractivity contribution in [2.75, 3.05) is 0 Å². The molecule has 0 saturated heterocycles. The van der Waals surface area contributed by atoms with Gasteiger partial charge in [-0.15, -0.1) is 5.73 Å². The summed E-state index contributed by atoms with van der Waals surface area (Å²) >= 11 is 0. The van der Waals surface area contributed by atoms with Crippen molar-refractivity contribution < 1.29 is 24.9 Å². The molecule has 1 saturated carbocycles. The summed E-state index contributed by atoms with van der Waals surface area (Å²) in [6.07, 6.45) is 18.1. The van der Waals surface area contributed by atoms with E-state index in [0.717, 1.165) is 12.8 Å². The number of aliphatic carboxylic acids is 1. The van der Waals surface area contributed by atoms with Crippen LogP contribution in [0.2, 0.25) is 0 Å². The molecule has 3 atom stereocenters. The summed E-state index contributed by atoms with van der Waals surface area (Å²) < 4.78 is 0. The topological polar surface area (TPSA) is 94.8 Å². The van der Waals surface area contributed by atoms with Crippen LogP contribution in [-0.2, 0) is 9.59 Å². The fourth-order valence-electron chi connectivity index (χ4n) is 3.50. The molecule has 0 amide bonds. The number of hydrogen-bond acceptors (Lipinski definition) is 4. The molecule has 0 bridgehead atoms. The fraction of sp³-hybridized carbons (Fsp3) is 0.696. The van der Waals surface area contributed by atoms with Gasteiger partial charge in [0.1, 0.15) is 5.78 Å². The number of unbranched alkanes of at least 4 members (excludes halogenated alkanes) is 6. The van der Waals surface area contributed by atoms with Crippen molar-refractivity contribution in [2.45, 2.75) is 83.8 Å². The van der Waals surface area contributed by atoms with Gasteiger partial charge in [0.25, 0.3) is 5.79 Å². The molecule has 0 aliphatic heterocycles. The highest BCUT2D eigenvalue weighted by molar-refractivity contribution is 5.83. The van der Waals surface area contributed by atoms with Gasteiger partial charge >= 0.3 is 5.97 Å². The van der Waals surface area contributed by atoms with Crippen molar-refractivity contribution in [2.24, 2.45) is 17.8 Å². The first-order chi connectivity index (χ1) is 13.3. The number of aliphatic hydroxyl groups is 2. The van der Waals surface area contributed by atoms with Gasteiger partial charge in [-0.2, -0.15) is 0 Å². The Bertz CT molecular complexity index is 584. The van der Waals surface area contributed by atoms with Crippen molar-refractivity contribution in [3.05, 3.63) is 30.0 Å². The quantitative estimate of drug-likeness (QED) is 0.187. The van der Waals surface area contributed by atoms with E-state index in [-0.39, 0.29) is 17.6 Å². The zero-order chi connectivity index (χ0) is 21.0. The lowest BCUT2D eigenvalue weighted by Gasteiger charge is -2.20. The Morgan fingerprint density at radius 1 is 1.25 bits per heavy atom. The van der Waals surface area contributed by atoms with Gasteiger partial charge in [-0.3, -0.25) is 4.79 Å². The van der Waals surface area contributed by atoms with Gasteiger partial charge < -0.3 is 15.3 Å². The second kappa shape index (κ2) is 12.7. The molecule has 0 aromatic heterocycles. The number of carbonyl (C=O) groups is 2. The number of ketones is 1. The Hall–Kier alpha value is -1.68. The van der Waals surface area contributed by atoms with E-state index in [4.69, 9.17) is 5.11 Å². The summed E-state index contributed by atoms with van der Waals surface area (Å²) in [5.41, 5.74) is 2.81. The second-order valence-electron chi connectivity index (χ2n) is 7.85. The molecule has 0 aromatic carbocycles. The molecular weight excluding hydrogens is 356 g/mol. The number of carboxylic acid groups (broad SMARTS) is 1. The van der Waals surface area contributed by atoms with Crippen LogP contribution in [0, 0.1) is 17.8 Å². The van der Waals surface area contributed by atoms with E-state index in [2.05, 4.69) is 24.8 Å². The number of rotatable bonds is 13. The molecule has 1 aliphatic rings. The highest BCUT2D eigenvalue weighted by Crippen LogP contribution is 2.32. The first-order valence-corrected chi connectivity index (χ1v) is 10.6. The molecule has 3 N–H and O–H groups in total. The van der Waals surface area contributed by atoms with Crippen molar-refractivity contribution in [1.29, 1.82) is 0 Å². The average Bonchev–Trinajstić information content (AvgIpc) is 3.00. The lowest BCUT2D eigenvalue weighted by molar-refractivity contribution is -0.214. The van der Waals surface area contributed by atoms with Crippen LogP contribution in [0.1, 0.15) is 78.1 Å². The molecule has 1 fully saturated rings. The standard InChI is InChI=1S/C23H36O5/c1-3-4-5-6-7-8-9-10-14-19-16-17-21(24)20(19)15-12-11-13-18(2)23(27,28)22(25)26/h10,12-14,18-20,27-28H,3-9,15-17H2,1-2H3,(H,25,26)/t11?,18?,19-,20+/m0/s1. The number of hydrogen-bond donors (Lipinski definition) is 3. The van der Waals surface area contributed by atoms with E-state index in [1.807, 2.05) is 0 Å². The minimum Gasteiger partial charge on any atom is -0.477 e. The Morgan fingerprint density at radius 2 is 1.93 bits per heavy atom. The van der Waals surface area contributed by atoms with Gasteiger partial charge in [-0.05, 0) is 43.8 Å². The van der Waals surface area contributed by atoms with Gasteiger partial charge in [0, 0.05) is 18.3 Å². The predicted octanol–water partition coefficient (Wildman–Crippen LogP) is 4.39. The molecule has 5 heteroatoms. The Morgan fingerprint density at radius 3 is 2.61 bits per heavy atom. The van der Waals surface area contributed by atoms with Gasteiger partial charge in [0.05, 0.1) is 0 Å². The van der Waals surface area contributed by atoms with Crippen LogP contribution in [0.15, 0.2) is 30.0 Å². The largest absolute Gasteiger partial charge is 0.477 e. The summed E-state index contributed by atoms with van der Waals surface area (Å²) in [5.74, 6) is -5.08. The maximum absolute atomic E-state index is 12.1. The van der Waals surface area contributed by atoms with Crippen LogP contribution in [0.5, 0.6) is 0 Å². The zero-order valence-electron chi connectivity index (χ0n) is 17.3. The smallest absolute Gasteiger partial charge is 0.364 e. The maximum Gasteiger partial charge on any atom is 0.364 e. The maximum atomic E-state index is 12.1. The third kappa shape index (κ3) is 8.14. The highest BCUT2D eigenvalue weighted by atomic mass is 16.5. The Labute approximate surface area is 168 Å². The predicted molar refractivity (Wildman–Crippen MR) is 110 cm³/mol. The molecule has 1 aliphatic carbocycles. The minimum absolute atomic E-state index is 0.0653. The number of Topliss-reactive ketones (excluding diaryl/α,β-unsaturated/α-hetero) is 1. The van der Waals surface area contributed by atoms with Gasteiger partial charge in [-0.1, -0.05) is 58.1 Å². The van der Waals surface area contributed by atoms with E-state index in [1.54, 1.807) is 6.08 Å². The molecule has 0 heterocycles. The Kier molecular flexibility index (Phi) is 11.1. The van der Waals surface area contributed by atoms with Crippen LogP contribution in [0.25, 0.3) is 0 Å². The summed E-state index contributed by atoms with van der Waals surface area (Å²) in [5, 5.41) is 27.7. The van der Waals surface area contributed by atoms with Gasteiger partial charge in [0.2, 0.25) is 0 Å². The summed E-state index contributed by atoms with van der Waals surface area (Å²) in [6, 6.07) is 0. The van der Waals surface area contributed by atoms with Crippen molar-refractivity contribution >= 4 is 11.8 Å². The van der Waals surface area contributed by atoms with Gasteiger partial charge in [-0.25, -0.2) is 4.79 Å². The fourth-order valence-corrected chi connectivity index (χ4v) is 3.50. The lowest BCUT2D eigenvalue weighted by atomic mass is 9.91. The first kappa shape index (κ1) is 24.4. The second-order valence-corrected chi connectivity index (χ2v) is 7.85. The minimum atomic E-state index is -2.81. The lowest BCUT2D eigenvalue weighted by Crippen LogP contribution is -2.43. The van der Waals surface area contributed by atoms with E-state index >= 15 is 0 Å². The molecule has 0 radical (unpaired) electrons. The molecule has 0 spiro atoms. The summed E-state index contributed by atoms with van der Waals surface area (Å²) in [7, 11) is 0. The summed E-state index contributed by atoms with van der Waals surface area (Å²) in [6.45, 7) is 3.61. The SMILES string of the molecule is CCCCCCCCC=C[C@H]1CCC(=O)[C@@H]1CC=C=CC(C)C(O)(O)C(=O)O. The highest BCUT2D eigenvalue weighted by Gasteiger charge is 2.38. The zero-order valence-corrected chi connectivity index (χ0v) is 17.3. The van der Waals surface area contributed by atoms with E-state index in [0.29, 0.717) is 12.8 Å². The Balaban J connectivity index is 2.46. The van der Waals surface area contributed by atoms with Crippen LogP contribution < -0.4 is 0 Å². The van der Waals surface area contributed by atoms with Crippen molar-refractivity contribution in [3.63, 3.8) is 0 Å². The van der Waals surface area contributed by atoms with Crippen molar-refractivity contribution in [1.82, 2.24) is 0 Å². The van der Waals surface area contributed by atoms with Crippen LogP contribution in [0.4, 0.5) is 0 Å². The third-order valence-corrected chi connectivity index (χ3v) is 5.55. The van der Waals surface area contributed by atoms with E-state index in [9.17, 15) is 19.8 Å². The molecule has 158 valence electrons. The van der Waals surface area contributed by atoms with E-state index in [1.165, 1.54) is 51.5 Å². The number of carbonyl (C=O) groups excluding carboxylic acids is 1. The average molecular weight is 393 g/mol.